The van der Waals surface area contributed by atoms with Gasteiger partial charge in [-0.25, -0.2) is 8.42 Å². The molecule has 2 fully saturated rings. The first-order valence-corrected chi connectivity index (χ1v) is 8.54. The van der Waals surface area contributed by atoms with Gasteiger partial charge >= 0.3 is 0 Å². The Labute approximate surface area is 110 Å². The molecule has 0 aromatic carbocycles. The second-order valence-corrected chi connectivity index (χ2v) is 9.32. The Hall–Kier alpha value is -0.130. The van der Waals surface area contributed by atoms with Gasteiger partial charge in [0.2, 0.25) is 0 Å². The van der Waals surface area contributed by atoms with E-state index < -0.39 is 14.6 Å². The van der Waals surface area contributed by atoms with Crippen LogP contribution in [-0.2, 0) is 14.6 Å². The second-order valence-electron chi connectivity index (χ2n) is 6.45. The minimum absolute atomic E-state index is 0.213. The topological polar surface area (TPSA) is 55.4 Å². The lowest BCUT2D eigenvalue weighted by molar-refractivity contribution is 0.0815. The van der Waals surface area contributed by atoms with E-state index in [-0.39, 0.29) is 5.75 Å². The quantitative estimate of drug-likeness (QED) is 0.823. The molecule has 1 aliphatic carbocycles. The Morgan fingerprint density at radius 3 is 2.44 bits per heavy atom. The van der Waals surface area contributed by atoms with Gasteiger partial charge in [0.1, 0.15) is 0 Å². The Bertz CT molecular complexity index is 382. The first-order valence-electron chi connectivity index (χ1n) is 6.88. The molecule has 1 saturated heterocycles. The highest BCUT2D eigenvalue weighted by atomic mass is 32.2. The third kappa shape index (κ3) is 3.25. The largest absolute Gasteiger partial charge is 0.376 e. The summed E-state index contributed by atoms with van der Waals surface area (Å²) in [6, 6.07) is 0.354. The highest BCUT2D eigenvalue weighted by Gasteiger charge is 2.40. The van der Waals surface area contributed by atoms with Gasteiger partial charge < -0.3 is 10.1 Å². The van der Waals surface area contributed by atoms with E-state index in [1.54, 1.807) is 20.8 Å². The molecule has 2 rings (SSSR count). The summed E-state index contributed by atoms with van der Waals surface area (Å²) in [7, 11) is -3.01. The van der Waals surface area contributed by atoms with Crippen molar-refractivity contribution in [1.29, 1.82) is 0 Å². The van der Waals surface area contributed by atoms with E-state index in [2.05, 4.69) is 5.32 Å². The van der Waals surface area contributed by atoms with Crippen molar-refractivity contribution in [2.45, 2.75) is 56.9 Å². The monoisotopic (exact) mass is 275 g/mol. The zero-order chi connectivity index (χ0) is 13.4. The predicted octanol–water partition coefficient (Wildman–Crippen LogP) is 1.36. The molecule has 2 atom stereocenters. The molecular weight excluding hydrogens is 250 g/mol. The second kappa shape index (κ2) is 5.10. The Balaban J connectivity index is 1.78. The molecule has 1 heterocycles. The van der Waals surface area contributed by atoms with E-state index in [1.165, 1.54) is 12.8 Å². The summed E-state index contributed by atoms with van der Waals surface area (Å²) >= 11 is 0. The van der Waals surface area contributed by atoms with Crippen LogP contribution in [0.1, 0.15) is 40.0 Å². The molecule has 2 aliphatic rings. The van der Waals surface area contributed by atoms with Crippen LogP contribution in [0.25, 0.3) is 0 Å². The molecule has 18 heavy (non-hydrogen) atoms. The summed E-state index contributed by atoms with van der Waals surface area (Å²) < 4.78 is 29.0. The third-order valence-electron chi connectivity index (χ3n) is 3.93. The van der Waals surface area contributed by atoms with E-state index >= 15 is 0 Å². The summed E-state index contributed by atoms with van der Waals surface area (Å²) in [4.78, 5) is 0. The summed E-state index contributed by atoms with van der Waals surface area (Å²) in [5.74, 6) is 0.925. The van der Waals surface area contributed by atoms with Crippen molar-refractivity contribution in [3.8, 4) is 0 Å². The Morgan fingerprint density at radius 2 is 1.89 bits per heavy atom. The van der Waals surface area contributed by atoms with Crippen LogP contribution in [0.3, 0.4) is 0 Å². The predicted molar refractivity (Wildman–Crippen MR) is 72.4 cm³/mol. The summed E-state index contributed by atoms with van der Waals surface area (Å²) in [6.07, 6.45) is 3.87. The van der Waals surface area contributed by atoms with E-state index in [0.717, 1.165) is 13.0 Å². The van der Waals surface area contributed by atoms with Gasteiger partial charge in [-0.2, -0.15) is 0 Å². The van der Waals surface area contributed by atoms with Crippen molar-refractivity contribution < 1.29 is 13.2 Å². The lowest BCUT2D eigenvalue weighted by Crippen LogP contribution is -2.42. The number of rotatable bonds is 5. The summed E-state index contributed by atoms with van der Waals surface area (Å²) in [5, 5.41) is 3.38. The highest BCUT2D eigenvalue weighted by molar-refractivity contribution is 7.92. The Morgan fingerprint density at radius 1 is 1.22 bits per heavy atom. The van der Waals surface area contributed by atoms with E-state index in [4.69, 9.17) is 4.74 Å². The fourth-order valence-electron chi connectivity index (χ4n) is 2.40. The molecule has 0 amide bonds. The minimum atomic E-state index is -3.01. The van der Waals surface area contributed by atoms with Gasteiger partial charge in [-0.05, 0) is 46.0 Å². The van der Waals surface area contributed by atoms with Gasteiger partial charge in [-0.3, -0.25) is 0 Å². The van der Waals surface area contributed by atoms with Crippen molar-refractivity contribution in [3.05, 3.63) is 0 Å². The lowest BCUT2D eigenvalue weighted by Gasteiger charge is -2.22. The molecule has 0 aromatic heterocycles. The maximum atomic E-state index is 12.0. The molecule has 5 heteroatoms. The zero-order valence-corrected chi connectivity index (χ0v) is 12.4. The number of hydrogen-bond donors (Lipinski definition) is 1. The maximum Gasteiger partial charge on any atom is 0.156 e. The normalized spacial score (nSPS) is 29.7. The van der Waals surface area contributed by atoms with Crippen molar-refractivity contribution in [3.63, 3.8) is 0 Å². The third-order valence-corrected chi connectivity index (χ3v) is 6.54. The number of ether oxygens (including phenoxy) is 1. The summed E-state index contributed by atoms with van der Waals surface area (Å²) in [6.45, 7) is 6.62. The minimum Gasteiger partial charge on any atom is -0.376 e. The average Bonchev–Trinajstić information content (AvgIpc) is 2.98. The van der Waals surface area contributed by atoms with Gasteiger partial charge in [-0.1, -0.05) is 0 Å². The van der Waals surface area contributed by atoms with Crippen LogP contribution in [0.4, 0.5) is 0 Å². The van der Waals surface area contributed by atoms with Crippen LogP contribution in [-0.4, -0.2) is 44.2 Å². The molecule has 0 radical (unpaired) electrons. The smallest absolute Gasteiger partial charge is 0.156 e. The van der Waals surface area contributed by atoms with Crippen molar-refractivity contribution in [1.82, 2.24) is 5.32 Å². The van der Waals surface area contributed by atoms with Crippen molar-refractivity contribution in [2.24, 2.45) is 5.92 Å². The molecule has 0 aromatic rings. The van der Waals surface area contributed by atoms with Crippen LogP contribution < -0.4 is 5.32 Å². The summed E-state index contributed by atoms with van der Waals surface area (Å²) in [5.41, 5.74) is 0. The molecule has 1 N–H and O–H groups in total. The van der Waals surface area contributed by atoms with Gasteiger partial charge in [0, 0.05) is 19.2 Å². The van der Waals surface area contributed by atoms with Gasteiger partial charge in [0.25, 0.3) is 0 Å². The molecule has 2 unspecified atom stereocenters. The lowest BCUT2D eigenvalue weighted by atomic mass is 10.1. The van der Waals surface area contributed by atoms with E-state index in [0.29, 0.717) is 24.6 Å². The van der Waals surface area contributed by atoms with Crippen LogP contribution >= 0.6 is 0 Å². The number of hydrogen-bond acceptors (Lipinski definition) is 4. The first-order chi connectivity index (χ1) is 8.31. The molecule has 4 nitrogen and oxygen atoms in total. The van der Waals surface area contributed by atoms with Crippen LogP contribution in [0.2, 0.25) is 0 Å². The maximum absolute atomic E-state index is 12.0. The van der Waals surface area contributed by atoms with Gasteiger partial charge in [0.15, 0.2) is 9.84 Å². The molecule has 1 saturated carbocycles. The fraction of sp³-hybridized carbons (Fsp3) is 1.00. The zero-order valence-electron chi connectivity index (χ0n) is 11.6. The molecule has 106 valence electrons. The van der Waals surface area contributed by atoms with Gasteiger partial charge in [-0.15, -0.1) is 0 Å². The van der Waals surface area contributed by atoms with Crippen LogP contribution in [0, 0.1) is 5.92 Å². The number of nitrogens with one attached hydrogen (secondary N) is 1. The first kappa shape index (κ1) is 14.3. The fourth-order valence-corrected chi connectivity index (χ4v) is 3.40. The Kier molecular flexibility index (Phi) is 4.04. The van der Waals surface area contributed by atoms with Crippen molar-refractivity contribution in [2.75, 3.05) is 18.9 Å². The average molecular weight is 275 g/mol. The van der Waals surface area contributed by atoms with E-state index in [9.17, 15) is 8.42 Å². The molecule has 1 aliphatic heterocycles. The molecule has 0 bridgehead atoms. The standard InChI is InChI=1S/C13H25NO3S/c1-13(2,3)18(15,16)9-7-14-11-6-8-17-12(11)10-4-5-10/h10-12,14H,4-9H2,1-3H3. The van der Waals surface area contributed by atoms with Crippen molar-refractivity contribution >= 4 is 9.84 Å². The molecule has 0 spiro atoms. The highest BCUT2D eigenvalue weighted by Crippen LogP contribution is 2.38. The van der Waals surface area contributed by atoms with E-state index in [1.807, 2.05) is 0 Å². The van der Waals surface area contributed by atoms with Gasteiger partial charge in [0.05, 0.1) is 16.6 Å². The van der Waals surface area contributed by atoms with Crippen LogP contribution in [0.15, 0.2) is 0 Å². The SMILES string of the molecule is CC(C)(C)S(=O)(=O)CCNC1CCOC1C1CC1. The van der Waals surface area contributed by atoms with Crippen LogP contribution in [0.5, 0.6) is 0 Å². The molecular formula is C13H25NO3S. The number of sulfone groups is 1.